The van der Waals surface area contributed by atoms with Gasteiger partial charge in [0, 0.05) is 12.6 Å². The molecule has 0 saturated heterocycles. The van der Waals surface area contributed by atoms with Gasteiger partial charge in [-0.25, -0.2) is 9.37 Å². The van der Waals surface area contributed by atoms with Gasteiger partial charge in [-0.05, 0) is 39.8 Å². The van der Waals surface area contributed by atoms with Gasteiger partial charge in [0.25, 0.3) is 0 Å². The first-order chi connectivity index (χ1) is 8.92. The summed E-state index contributed by atoms with van der Waals surface area (Å²) < 4.78 is 16.2. The van der Waals surface area contributed by atoms with Crippen molar-refractivity contribution < 1.29 is 4.39 Å². The SMILES string of the molecule is CC1(C)CC1Cn1c(CCl)nc2cc(Br)c(F)cc21. The number of imidazole rings is 1. The molecule has 1 aliphatic rings. The zero-order valence-corrected chi connectivity index (χ0v) is 13.2. The topological polar surface area (TPSA) is 17.8 Å². The molecular weight excluding hydrogens is 331 g/mol. The summed E-state index contributed by atoms with van der Waals surface area (Å²) in [6.07, 6.45) is 1.20. The minimum absolute atomic E-state index is 0.259. The van der Waals surface area contributed by atoms with Crippen LogP contribution >= 0.6 is 27.5 Å². The first kappa shape index (κ1) is 13.4. The average Bonchev–Trinajstić information content (AvgIpc) is 2.80. The first-order valence-electron chi connectivity index (χ1n) is 6.32. The molecule has 2 aromatic rings. The fraction of sp³-hybridized carbons (Fsp3) is 0.500. The van der Waals surface area contributed by atoms with Gasteiger partial charge in [-0.2, -0.15) is 0 Å². The van der Waals surface area contributed by atoms with Crippen LogP contribution in [0.25, 0.3) is 11.0 Å². The molecule has 1 aliphatic carbocycles. The highest BCUT2D eigenvalue weighted by Gasteiger charge is 2.45. The second kappa shape index (κ2) is 4.45. The van der Waals surface area contributed by atoms with Crippen molar-refractivity contribution in [2.24, 2.45) is 11.3 Å². The van der Waals surface area contributed by atoms with Gasteiger partial charge in [-0.1, -0.05) is 13.8 Å². The molecule has 1 heterocycles. The molecule has 1 saturated carbocycles. The Morgan fingerprint density at radius 3 is 2.79 bits per heavy atom. The van der Waals surface area contributed by atoms with Gasteiger partial charge in [-0.3, -0.25) is 0 Å². The molecule has 0 spiro atoms. The van der Waals surface area contributed by atoms with Gasteiger partial charge in [0.15, 0.2) is 0 Å². The molecule has 0 amide bonds. The molecule has 102 valence electrons. The molecule has 5 heteroatoms. The Kier molecular flexibility index (Phi) is 3.13. The summed E-state index contributed by atoms with van der Waals surface area (Å²) >= 11 is 9.17. The summed E-state index contributed by atoms with van der Waals surface area (Å²) in [6, 6.07) is 3.26. The van der Waals surface area contributed by atoms with Crippen LogP contribution in [0.5, 0.6) is 0 Å². The van der Waals surface area contributed by atoms with Crippen LogP contribution in [0.4, 0.5) is 4.39 Å². The van der Waals surface area contributed by atoms with Crippen molar-refractivity contribution in [3.05, 3.63) is 28.2 Å². The summed E-state index contributed by atoms with van der Waals surface area (Å²) in [7, 11) is 0. The Morgan fingerprint density at radius 1 is 1.53 bits per heavy atom. The summed E-state index contributed by atoms with van der Waals surface area (Å²) in [4.78, 5) is 4.50. The maximum absolute atomic E-state index is 13.7. The standard InChI is InChI=1S/C14H15BrClFN2/c1-14(2)5-8(14)7-19-12-4-10(17)9(15)3-11(12)18-13(19)6-16/h3-4,8H,5-7H2,1-2H3. The largest absolute Gasteiger partial charge is 0.327 e. The van der Waals surface area contributed by atoms with E-state index in [1.54, 1.807) is 6.07 Å². The lowest BCUT2D eigenvalue weighted by molar-refractivity contribution is 0.498. The monoisotopic (exact) mass is 344 g/mol. The molecule has 0 aliphatic heterocycles. The van der Waals surface area contributed by atoms with Gasteiger partial charge in [-0.15, -0.1) is 11.6 Å². The fourth-order valence-corrected chi connectivity index (χ4v) is 3.12. The second-order valence-corrected chi connectivity index (χ2v) is 7.04. The van der Waals surface area contributed by atoms with Gasteiger partial charge in [0.2, 0.25) is 0 Å². The summed E-state index contributed by atoms with van der Waals surface area (Å²) in [5.41, 5.74) is 2.01. The van der Waals surface area contributed by atoms with Crippen LogP contribution in [-0.4, -0.2) is 9.55 Å². The van der Waals surface area contributed by atoms with Gasteiger partial charge < -0.3 is 4.57 Å². The maximum atomic E-state index is 13.7. The molecule has 0 radical (unpaired) electrons. The lowest BCUT2D eigenvalue weighted by atomic mass is 10.1. The lowest BCUT2D eigenvalue weighted by Gasteiger charge is -2.09. The van der Waals surface area contributed by atoms with Gasteiger partial charge in [0.05, 0.1) is 21.4 Å². The number of aromatic nitrogens is 2. The van der Waals surface area contributed by atoms with E-state index in [1.807, 2.05) is 0 Å². The highest BCUT2D eigenvalue weighted by atomic mass is 79.9. The number of rotatable bonds is 3. The second-order valence-electron chi connectivity index (χ2n) is 5.92. The Morgan fingerprint density at radius 2 is 2.21 bits per heavy atom. The third-order valence-corrected chi connectivity index (χ3v) is 4.96. The minimum atomic E-state index is -0.259. The van der Waals surface area contributed by atoms with E-state index in [9.17, 15) is 4.39 Å². The van der Waals surface area contributed by atoms with Crippen molar-refractivity contribution >= 4 is 38.6 Å². The van der Waals surface area contributed by atoms with Crippen LogP contribution in [-0.2, 0) is 12.4 Å². The molecule has 1 fully saturated rings. The van der Waals surface area contributed by atoms with E-state index in [4.69, 9.17) is 11.6 Å². The predicted octanol–water partition coefficient (Wildman–Crippen LogP) is 4.72. The number of alkyl halides is 1. The molecule has 1 aromatic heterocycles. The number of benzene rings is 1. The summed E-state index contributed by atoms with van der Waals surface area (Å²) in [5, 5.41) is 0. The number of hydrogen-bond acceptors (Lipinski definition) is 1. The Bertz CT molecular complexity index is 650. The van der Waals surface area contributed by atoms with Crippen LogP contribution in [0, 0.1) is 17.2 Å². The highest BCUT2D eigenvalue weighted by molar-refractivity contribution is 9.10. The molecular formula is C14H15BrClFN2. The van der Waals surface area contributed by atoms with E-state index in [0.717, 1.165) is 23.4 Å². The molecule has 2 nitrogen and oxygen atoms in total. The van der Waals surface area contributed by atoms with Crippen molar-refractivity contribution in [2.45, 2.75) is 32.7 Å². The van der Waals surface area contributed by atoms with Crippen molar-refractivity contribution in [3.8, 4) is 0 Å². The van der Waals surface area contributed by atoms with Gasteiger partial charge in [0.1, 0.15) is 11.6 Å². The molecule has 3 rings (SSSR count). The van der Waals surface area contributed by atoms with Crippen LogP contribution in [0.1, 0.15) is 26.1 Å². The third kappa shape index (κ3) is 2.29. The minimum Gasteiger partial charge on any atom is -0.327 e. The van der Waals surface area contributed by atoms with E-state index in [0.29, 0.717) is 21.7 Å². The van der Waals surface area contributed by atoms with Crippen molar-refractivity contribution in [3.63, 3.8) is 0 Å². The smallest absolute Gasteiger partial charge is 0.139 e. The van der Waals surface area contributed by atoms with E-state index < -0.39 is 0 Å². The number of hydrogen-bond donors (Lipinski definition) is 0. The number of nitrogens with zero attached hydrogens (tertiary/aromatic N) is 2. The van der Waals surface area contributed by atoms with Crippen LogP contribution < -0.4 is 0 Å². The normalized spacial score (nSPS) is 21.0. The van der Waals surface area contributed by atoms with E-state index in [-0.39, 0.29) is 5.82 Å². The summed E-state index contributed by atoms with van der Waals surface area (Å²) in [6.45, 7) is 5.38. The van der Waals surface area contributed by atoms with E-state index in [1.165, 1.54) is 12.5 Å². The van der Waals surface area contributed by atoms with Crippen molar-refractivity contribution in [1.82, 2.24) is 9.55 Å². The molecule has 1 unspecified atom stereocenters. The molecule has 19 heavy (non-hydrogen) atoms. The van der Waals surface area contributed by atoms with Gasteiger partial charge >= 0.3 is 0 Å². The average molecular weight is 346 g/mol. The van der Waals surface area contributed by atoms with Crippen LogP contribution in [0.15, 0.2) is 16.6 Å². The predicted molar refractivity (Wildman–Crippen MR) is 78.8 cm³/mol. The molecule has 1 aromatic carbocycles. The zero-order valence-electron chi connectivity index (χ0n) is 10.9. The Balaban J connectivity index is 2.08. The highest BCUT2D eigenvalue weighted by Crippen LogP contribution is 2.52. The fourth-order valence-electron chi connectivity index (χ4n) is 2.58. The molecule has 0 bridgehead atoms. The van der Waals surface area contributed by atoms with Crippen LogP contribution in [0.2, 0.25) is 0 Å². The van der Waals surface area contributed by atoms with E-state index >= 15 is 0 Å². The van der Waals surface area contributed by atoms with Crippen molar-refractivity contribution in [1.29, 1.82) is 0 Å². The molecule has 0 N–H and O–H groups in total. The lowest BCUT2D eigenvalue weighted by Crippen LogP contribution is -2.07. The Hall–Kier alpha value is -0.610. The summed E-state index contributed by atoms with van der Waals surface area (Å²) in [5.74, 6) is 1.53. The quantitative estimate of drug-likeness (QED) is 0.736. The van der Waals surface area contributed by atoms with E-state index in [2.05, 4.69) is 39.3 Å². The number of fused-ring (bicyclic) bond motifs is 1. The van der Waals surface area contributed by atoms with Crippen molar-refractivity contribution in [2.75, 3.05) is 0 Å². The Labute approximate surface area is 125 Å². The van der Waals surface area contributed by atoms with Crippen LogP contribution in [0.3, 0.4) is 0 Å². The molecule has 1 atom stereocenters. The maximum Gasteiger partial charge on any atom is 0.139 e. The first-order valence-corrected chi connectivity index (χ1v) is 7.65. The third-order valence-electron chi connectivity index (χ3n) is 4.11. The number of halogens is 3. The zero-order chi connectivity index (χ0) is 13.8.